The van der Waals surface area contributed by atoms with Gasteiger partial charge in [0.1, 0.15) is 5.82 Å². The molecule has 0 radical (unpaired) electrons. The Balaban J connectivity index is 1.89. The molecule has 0 amide bonds. The number of tetrazole rings is 1. The predicted octanol–water partition coefficient (Wildman–Crippen LogP) is 2.34. The zero-order chi connectivity index (χ0) is 17.2. The molecule has 1 atom stereocenters. The summed E-state index contributed by atoms with van der Waals surface area (Å²) in [4.78, 5) is 0. The van der Waals surface area contributed by atoms with Crippen LogP contribution < -0.4 is 5.32 Å². The first-order valence-corrected chi connectivity index (χ1v) is 6.95. The van der Waals surface area contributed by atoms with Crippen LogP contribution in [0.5, 0.6) is 0 Å². The van der Waals surface area contributed by atoms with Crippen LogP contribution in [-0.4, -0.2) is 39.0 Å². The van der Waals surface area contributed by atoms with Gasteiger partial charge >= 0.3 is 6.18 Å². The number of anilines is 1. The Bertz CT molecular complexity index is 834. The summed E-state index contributed by atoms with van der Waals surface area (Å²) in [6.45, 7) is 0.163. The van der Waals surface area contributed by atoms with Crippen LogP contribution in [0.25, 0.3) is 5.65 Å². The Morgan fingerprint density at radius 2 is 2.08 bits per heavy atom. The fourth-order valence-electron chi connectivity index (χ4n) is 2.22. The van der Waals surface area contributed by atoms with Crippen LogP contribution in [0.2, 0.25) is 0 Å². The molecule has 2 heterocycles. The van der Waals surface area contributed by atoms with Gasteiger partial charge in [0.25, 0.3) is 0 Å². The minimum Gasteiger partial charge on any atom is -0.382 e. The first-order chi connectivity index (χ1) is 11.5. The van der Waals surface area contributed by atoms with Crippen LogP contribution in [-0.2, 0) is 10.9 Å². The topological polar surface area (TPSA) is 77.2 Å². The Labute approximate surface area is 134 Å². The van der Waals surface area contributed by atoms with Crippen LogP contribution in [0.1, 0.15) is 17.2 Å². The van der Waals surface area contributed by atoms with Gasteiger partial charge in [-0.05, 0) is 40.3 Å². The van der Waals surface area contributed by atoms with E-state index in [4.69, 9.17) is 4.74 Å². The quantitative estimate of drug-likeness (QED) is 0.769. The van der Waals surface area contributed by atoms with E-state index in [1.807, 2.05) is 0 Å². The third kappa shape index (κ3) is 3.43. The Morgan fingerprint density at radius 1 is 1.25 bits per heavy atom. The SMILES string of the molecule is COC[C@H](Nc1ccc2nnnn2n1)c1cccc(C(F)(F)F)c1. The Kier molecular flexibility index (Phi) is 4.30. The third-order valence-electron chi connectivity index (χ3n) is 3.34. The second-order valence-electron chi connectivity index (χ2n) is 5.02. The number of benzene rings is 1. The van der Waals surface area contributed by atoms with Gasteiger partial charge in [-0.2, -0.15) is 13.2 Å². The molecular formula is C14H13F3N6O. The van der Waals surface area contributed by atoms with Gasteiger partial charge in [0, 0.05) is 7.11 Å². The lowest BCUT2D eigenvalue weighted by Gasteiger charge is -2.20. The molecule has 24 heavy (non-hydrogen) atoms. The fraction of sp³-hybridized carbons (Fsp3) is 0.286. The maximum Gasteiger partial charge on any atom is 0.416 e. The molecule has 3 aromatic rings. The second kappa shape index (κ2) is 6.40. The maximum absolute atomic E-state index is 12.9. The summed E-state index contributed by atoms with van der Waals surface area (Å²) in [5.74, 6) is 0.411. The number of halogens is 3. The smallest absolute Gasteiger partial charge is 0.382 e. The standard InChI is InChI=1S/C14H13F3N6O/c1-24-8-11(9-3-2-4-10(7-9)14(15,16)17)18-12-5-6-13-19-21-22-23(13)20-12/h2-7,11H,8H2,1H3,(H,18,20)/t11-/m0/s1. The monoisotopic (exact) mass is 338 g/mol. The minimum absolute atomic E-state index is 0.163. The number of nitrogens with one attached hydrogen (secondary N) is 1. The molecule has 0 bridgehead atoms. The summed E-state index contributed by atoms with van der Waals surface area (Å²) in [5, 5.41) is 18.1. The summed E-state index contributed by atoms with van der Waals surface area (Å²) in [5.41, 5.74) is 0.181. The fourth-order valence-corrected chi connectivity index (χ4v) is 2.22. The number of alkyl halides is 3. The van der Waals surface area contributed by atoms with Crippen molar-refractivity contribution in [2.45, 2.75) is 12.2 Å². The number of ether oxygens (including phenoxy) is 1. The van der Waals surface area contributed by atoms with Gasteiger partial charge in [-0.15, -0.1) is 14.8 Å². The first kappa shape index (κ1) is 16.1. The molecule has 0 aliphatic carbocycles. The maximum atomic E-state index is 12.9. The average molecular weight is 338 g/mol. The summed E-state index contributed by atoms with van der Waals surface area (Å²) in [7, 11) is 1.47. The van der Waals surface area contributed by atoms with Gasteiger partial charge in [-0.1, -0.05) is 12.1 Å². The van der Waals surface area contributed by atoms with Crippen molar-refractivity contribution < 1.29 is 17.9 Å². The van der Waals surface area contributed by atoms with Crippen LogP contribution in [0.4, 0.5) is 19.0 Å². The molecule has 7 nitrogen and oxygen atoms in total. The highest BCUT2D eigenvalue weighted by atomic mass is 19.4. The molecule has 1 aromatic carbocycles. The highest BCUT2D eigenvalue weighted by Gasteiger charge is 2.31. The van der Waals surface area contributed by atoms with E-state index in [-0.39, 0.29) is 6.61 Å². The molecule has 0 saturated heterocycles. The Hall–Kier alpha value is -2.75. The molecule has 0 aliphatic rings. The van der Waals surface area contributed by atoms with Crippen LogP contribution >= 0.6 is 0 Å². The molecule has 10 heteroatoms. The van der Waals surface area contributed by atoms with Gasteiger partial charge in [-0.3, -0.25) is 0 Å². The van der Waals surface area contributed by atoms with E-state index in [0.717, 1.165) is 12.1 Å². The highest BCUT2D eigenvalue weighted by molar-refractivity contribution is 5.44. The molecular weight excluding hydrogens is 325 g/mol. The number of hydrogen-bond acceptors (Lipinski definition) is 6. The Morgan fingerprint density at radius 3 is 2.83 bits per heavy atom. The summed E-state index contributed by atoms with van der Waals surface area (Å²) in [6.07, 6.45) is -4.41. The summed E-state index contributed by atoms with van der Waals surface area (Å²) in [6, 6.07) is 7.85. The lowest BCUT2D eigenvalue weighted by atomic mass is 10.0. The van der Waals surface area contributed by atoms with Gasteiger partial charge < -0.3 is 10.1 Å². The van der Waals surface area contributed by atoms with E-state index in [1.165, 1.54) is 17.8 Å². The van der Waals surface area contributed by atoms with Gasteiger partial charge in [0.15, 0.2) is 5.65 Å². The van der Waals surface area contributed by atoms with E-state index in [2.05, 4.69) is 25.9 Å². The molecule has 2 aromatic heterocycles. The largest absolute Gasteiger partial charge is 0.416 e. The van der Waals surface area contributed by atoms with Crippen LogP contribution in [0.15, 0.2) is 36.4 Å². The van der Waals surface area contributed by atoms with Crippen molar-refractivity contribution in [1.29, 1.82) is 0 Å². The van der Waals surface area contributed by atoms with Crippen molar-refractivity contribution in [3.63, 3.8) is 0 Å². The molecule has 1 N–H and O–H groups in total. The van der Waals surface area contributed by atoms with Crippen molar-refractivity contribution in [2.75, 3.05) is 19.0 Å². The number of hydrogen-bond donors (Lipinski definition) is 1. The normalized spacial score (nSPS) is 13.2. The summed E-state index contributed by atoms with van der Waals surface area (Å²) >= 11 is 0. The number of methoxy groups -OCH3 is 1. The molecule has 126 valence electrons. The molecule has 0 saturated carbocycles. The van der Waals surface area contributed by atoms with Crippen LogP contribution in [0.3, 0.4) is 0 Å². The zero-order valence-electron chi connectivity index (χ0n) is 12.5. The summed E-state index contributed by atoms with van der Waals surface area (Å²) < 4.78 is 45.0. The van der Waals surface area contributed by atoms with Gasteiger partial charge in [0.2, 0.25) is 0 Å². The van der Waals surface area contributed by atoms with E-state index >= 15 is 0 Å². The number of aromatic nitrogens is 5. The van der Waals surface area contributed by atoms with Gasteiger partial charge in [-0.25, -0.2) is 0 Å². The van der Waals surface area contributed by atoms with Crippen molar-refractivity contribution in [2.24, 2.45) is 0 Å². The molecule has 0 spiro atoms. The van der Waals surface area contributed by atoms with E-state index < -0.39 is 17.8 Å². The third-order valence-corrected chi connectivity index (χ3v) is 3.34. The zero-order valence-corrected chi connectivity index (χ0v) is 12.5. The minimum atomic E-state index is -4.41. The van der Waals surface area contributed by atoms with Crippen molar-refractivity contribution in [3.8, 4) is 0 Å². The number of fused-ring (bicyclic) bond motifs is 1. The van der Waals surface area contributed by atoms with Crippen molar-refractivity contribution in [3.05, 3.63) is 47.5 Å². The lowest BCUT2D eigenvalue weighted by molar-refractivity contribution is -0.137. The molecule has 3 rings (SSSR count). The molecule has 0 fully saturated rings. The second-order valence-corrected chi connectivity index (χ2v) is 5.02. The molecule has 0 unspecified atom stereocenters. The first-order valence-electron chi connectivity index (χ1n) is 6.95. The molecule has 0 aliphatic heterocycles. The van der Waals surface area contributed by atoms with Gasteiger partial charge in [0.05, 0.1) is 18.2 Å². The predicted molar refractivity (Wildman–Crippen MR) is 78.3 cm³/mol. The lowest BCUT2D eigenvalue weighted by Crippen LogP contribution is -2.18. The van der Waals surface area contributed by atoms with E-state index in [0.29, 0.717) is 17.0 Å². The van der Waals surface area contributed by atoms with Crippen molar-refractivity contribution in [1.82, 2.24) is 25.3 Å². The van der Waals surface area contributed by atoms with E-state index in [9.17, 15) is 13.2 Å². The van der Waals surface area contributed by atoms with E-state index in [1.54, 1.807) is 18.2 Å². The number of nitrogens with zero attached hydrogens (tertiary/aromatic N) is 5. The van der Waals surface area contributed by atoms with Crippen LogP contribution in [0, 0.1) is 0 Å². The average Bonchev–Trinajstić information content (AvgIpc) is 3.01. The highest BCUT2D eigenvalue weighted by Crippen LogP contribution is 2.31. The number of rotatable bonds is 5. The van der Waals surface area contributed by atoms with Crippen molar-refractivity contribution >= 4 is 11.5 Å².